The summed E-state index contributed by atoms with van der Waals surface area (Å²) in [7, 11) is 0. The van der Waals surface area contributed by atoms with Crippen LogP contribution in [-0.4, -0.2) is 29.5 Å². The molecule has 18 heavy (non-hydrogen) atoms. The number of carboxylic acid groups (broad SMARTS) is 1. The Morgan fingerprint density at radius 2 is 2.44 bits per heavy atom. The summed E-state index contributed by atoms with van der Waals surface area (Å²) in [6.45, 7) is 2.77. The van der Waals surface area contributed by atoms with Crippen molar-refractivity contribution in [2.24, 2.45) is 0 Å². The topological polar surface area (TPSA) is 58.6 Å². The van der Waals surface area contributed by atoms with Gasteiger partial charge in [0.25, 0.3) is 0 Å². The fourth-order valence-corrected chi connectivity index (χ4v) is 3.02. The predicted octanol–water partition coefficient (Wildman–Crippen LogP) is 2.26. The third-order valence-electron chi connectivity index (χ3n) is 2.71. The minimum Gasteiger partial charge on any atom is -0.494 e. The van der Waals surface area contributed by atoms with E-state index in [9.17, 15) is 4.79 Å². The van der Waals surface area contributed by atoms with Crippen molar-refractivity contribution in [1.29, 1.82) is 0 Å². The molecule has 1 aliphatic heterocycles. The highest BCUT2D eigenvalue weighted by atomic mass is 32.2. The molecule has 0 aromatic heterocycles. The van der Waals surface area contributed by atoms with Crippen molar-refractivity contribution in [1.82, 2.24) is 5.32 Å². The maximum atomic E-state index is 10.9. The minimum atomic E-state index is -0.789. The summed E-state index contributed by atoms with van der Waals surface area (Å²) in [5, 5.41) is 12.1. The molecule has 1 unspecified atom stereocenters. The van der Waals surface area contributed by atoms with Gasteiger partial charge in [-0.25, -0.2) is 0 Å². The average molecular weight is 267 g/mol. The molecule has 98 valence electrons. The van der Waals surface area contributed by atoms with E-state index in [1.54, 1.807) is 11.8 Å². The molecular formula is C13H17NO3S. The van der Waals surface area contributed by atoms with E-state index in [0.29, 0.717) is 12.4 Å². The van der Waals surface area contributed by atoms with Crippen molar-refractivity contribution in [2.45, 2.75) is 24.8 Å². The molecule has 2 N–H and O–H groups in total. The Kier molecular flexibility index (Phi) is 4.49. The molecule has 1 saturated heterocycles. The van der Waals surface area contributed by atoms with E-state index in [1.807, 2.05) is 24.3 Å². The van der Waals surface area contributed by atoms with E-state index in [1.165, 1.54) is 0 Å². The zero-order chi connectivity index (χ0) is 13.0. The van der Waals surface area contributed by atoms with Gasteiger partial charge in [-0.1, -0.05) is 19.1 Å². The number of hydrogen-bond donors (Lipinski definition) is 2. The highest BCUT2D eigenvalue weighted by Gasteiger charge is 2.30. The first kappa shape index (κ1) is 13.2. The van der Waals surface area contributed by atoms with E-state index >= 15 is 0 Å². The quantitative estimate of drug-likeness (QED) is 0.857. The molecule has 2 atom stereocenters. The lowest BCUT2D eigenvalue weighted by Gasteiger charge is -2.13. The Balaban J connectivity index is 2.03. The van der Waals surface area contributed by atoms with Crippen molar-refractivity contribution in [2.75, 3.05) is 12.4 Å². The second-order valence-electron chi connectivity index (χ2n) is 4.19. The molecule has 5 heteroatoms. The smallest absolute Gasteiger partial charge is 0.321 e. The monoisotopic (exact) mass is 267 g/mol. The number of ether oxygens (including phenoxy) is 1. The maximum Gasteiger partial charge on any atom is 0.321 e. The van der Waals surface area contributed by atoms with Gasteiger partial charge in [0.05, 0.1) is 12.0 Å². The minimum absolute atomic E-state index is 0.0382. The van der Waals surface area contributed by atoms with Crippen LogP contribution in [0, 0.1) is 0 Å². The Labute approximate surface area is 111 Å². The molecule has 0 aliphatic carbocycles. The molecule has 0 saturated carbocycles. The second-order valence-corrected chi connectivity index (χ2v) is 5.33. The number of aliphatic carboxylic acids is 1. The van der Waals surface area contributed by atoms with E-state index in [2.05, 4.69) is 12.2 Å². The first-order chi connectivity index (χ1) is 8.70. The fourth-order valence-electron chi connectivity index (χ4n) is 1.79. The second kappa shape index (κ2) is 6.11. The summed E-state index contributed by atoms with van der Waals surface area (Å²) in [6.07, 6.45) is 0.974. The molecule has 1 aliphatic rings. The molecule has 1 aromatic rings. The Morgan fingerprint density at radius 1 is 1.61 bits per heavy atom. The van der Waals surface area contributed by atoms with E-state index in [-0.39, 0.29) is 5.37 Å². The van der Waals surface area contributed by atoms with E-state index < -0.39 is 12.0 Å². The standard InChI is InChI=1S/C13H17NO3S/c1-2-6-17-10-5-3-4-9(7-10)12-14-11(8-18-12)13(15)16/h3-5,7,11-12,14H,2,6,8H2,1H3,(H,15,16)/t11-,12?/m1/s1. The van der Waals surface area contributed by atoms with Crippen LogP contribution in [0.3, 0.4) is 0 Å². The maximum absolute atomic E-state index is 10.9. The normalized spacial score (nSPS) is 22.9. The highest BCUT2D eigenvalue weighted by Crippen LogP contribution is 2.34. The fraction of sp³-hybridized carbons (Fsp3) is 0.462. The van der Waals surface area contributed by atoms with Gasteiger partial charge >= 0.3 is 5.97 Å². The van der Waals surface area contributed by atoms with Crippen molar-refractivity contribution in [3.05, 3.63) is 29.8 Å². The van der Waals surface area contributed by atoms with Gasteiger partial charge in [-0.15, -0.1) is 11.8 Å². The molecule has 2 rings (SSSR count). The van der Waals surface area contributed by atoms with Gasteiger partial charge in [0, 0.05) is 5.75 Å². The van der Waals surface area contributed by atoms with E-state index in [0.717, 1.165) is 17.7 Å². The molecule has 1 heterocycles. The van der Waals surface area contributed by atoms with Gasteiger partial charge in [-0.3, -0.25) is 10.1 Å². The van der Waals surface area contributed by atoms with Crippen LogP contribution in [0.5, 0.6) is 5.75 Å². The van der Waals surface area contributed by atoms with Crippen LogP contribution < -0.4 is 10.1 Å². The number of carbonyl (C=O) groups is 1. The summed E-state index contributed by atoms with van der Waals surface area (Å²) >= 11 is 1.62. The van der Waals surface area contributed by atoms with Gasteiger partial charge in [0.15, 0.2) is 0 Å². The number of benzene rings is 1. The van der Waals surface area contributed by atoms with Crippen LogP contribution in [0.25, 0.3) is 0 Å². The highest BCUT2D eigenvalue weighted by molar-refractivity contribution is 7.99. The first-order valence-corrected chi connectivity index (χ1v) is 7.09. The Hall–Kier alpha value is -1.20. The van der Waals surface area contributed by atoms with Crippen LogP contribution in [-0.2, 0) is 4.79 Å². The third-order valence-corrected chi connectivity index (χ3v) is 3.98. The van der Waals surface area contributed by atoms with Crippen molar-refractivity contribution in [3.63, 3.8) is 0 Å². The molecular weight excluding hydrogens is 250 g/mol. The molecule has 0 radical (unpaired) electrons. The van der Waals surface area contributed by atoms with Crippen LogP contribution in [0.15, 0.2) is 24.3 Å². The molecule has 1 aromatic carbocycles. The molecule has 0 amide bonds. The summed E-state index contributed by atoms with van der Waals surface area (Å²) in [4.78, 5) is 10.9. The van der Waals surface area contributed by atoms with Crippen LogP contribution in [0.2, 0.25) is 0 Å². The zero-order valence-corrected chi connectivity index (χ0v) is 11.1. The number of hydrogen-bond acceptors (Lipinski definition) is 4. The van der Waals surface area contributed by atoms with E-state index in [4.69, 9.17) is 9.84 Å². The van der Waals surface area contributed by atoms with Crippen LogP contribution in [0.4, 0.5) is 0 Å². The third kappa shape index (κ3) is 3.17. The number of rotatable bonds is 5. The first-order valence-electron chi connectivity index (χ1n) is 6.04. The van der Waals surface area contributed by atoms with Crippen molar-refractivity contribution < 1.29 is 14.6 Å². The van der Waals surface area contributed by atoms with Gasteiger partial charge in [-0.05, 0) is 24.1 Å². The molecule has 4 nitrogen and oxygen atoms in total. The summed E-state index contributed by atoms with van der Waals surface area (Å²) in [5.74, 6) is 0.652. The predicted molar refractivity (Wildman–Crippen MR) is 72.0 cm³/mol. The number of thioether (sulfide) groups is 1. The summed E-state index contributed by atoms with van der Waals surface area (Å²) in [5.41, 5.74) is 1.07. The number of carboxylic acids is 1. The van der Waals surface area contributed by atoms with Gasteiger partial charge in [-0.2, -0.15) is 0 Å². The molecule has 0 spiro atoms. The summed E-state index contributed by atoms with van der Waals surface area (Å²) < 4.78 is 5.58. The van der Waals surface area contributed by atoms with Crippen LogP contribution >= 0.6 is 11.8 Å². The van der Waals surface area contributed by atoms with Crippen molar-refractivity contribution >= 4 is 17.7 Å². The zero-order valence-electron chi connectivity index (χ0n) is 10.3. The lowest BCUT2D eigenvalue weighted by Crippen LogP contribution is -2.33. The Bertz CT molecular complexity index is 424. The van der Waals surface area contributed by atoms with Gasteiger partial charge in [0.1, 0.15) is 11.8 Å². The lowest BCUT2D eigenvalue weighted by atomic mass is 10.2. The largest absolute Gasteiger partial charge is 0.494 e. The SMILES string of the molecule is CCCOc1cccc(C2N[C@@H](C(=O)O)CS2)c1. The van der Waals surface area contributed by atoms with Crippen molar-refractivity contribution in [3.8, 4) is 5.75 Å². The lowest BCUT2D eigenvalue weighted by molar-refractivity contribution is -0.138. The average Bonchev–Trinajstić information content (AvgIpc) is 2.86. The van der Waals surface area contributed by atoms with Crippen LogP contribution in [0.1, 0.15) is 24.3 Å². The Morgan fingerprint density at radius 3 is 3.11 bits per heavy atom. The number of nitrogens with one attached hydrogen (secondary N) is 1. The van der Waals surface area contributed by atoms with Gasteiger partial charge < -0.3 is 9.84 Å². The summed E-state index contributed by atoms with van der Waals surface area (Å²) in [6, 6.07) is 7.38. The molecule has 1 fully saturated rings. The van der Waals surface area contributed by atoms with Gasteiger partial charge in [0.2, 0.25) is 0 Å². The molecule has 0 bridgehead atoms.